The molecule has 0 spiro atoms. The first-order valence-electron chi connectivity index (χ1n) is 7.50. The van der Waals surface area contributed by atoms with E-state index in [4.69, 9.17) is 4.74 Å². The lowest BCUT2D eigenvalue weighted by Crippen LogP contribution is -2.22. The first kappa shape index (κ1) is 16.7. The monoisotopic (exact) mass is 342 g/mol. The molecule has 2 N–H and O–H groups in total. The Labute approximate surface area is 143 Å². The highest BCUT2D eigenvalue weighted by molar-refractivity contribution is 5.62. The minimum atomic E-state index is -0.468. The minimum Gasteiger partial charge on any atom is -0.493 e. The second-order valence-electron chi connectivity index (χ2n) is 5.46. The van der Waals surface area contributed by atoms with Crippen LogP contribution in [0, 0.1) is 0 Å². The maximum absolute atomic E-state index is 12.6. The normalized spacial score (nSPS) is 10.7. The van der Waals surface area contributed by atoms with Crippen LogP contribution >= 0.6 is 0 Å². The number of nitrogens with zero attached hydrogens (tertiary/aromatic N) is 5. The third-order valence-electron chi connectivity index (χ3n) is 3.67. The van der Waals surface area contributed by atoms with Crippen molar-refractivity contribution in [1.29, 1.82) is 0 Å². The average Bonchev–Trinajstić information content (AvgIpc) is 2.62. The van der Waals surface area contributed by atoms with E-state index in [9.17, 15) is 9.90 Å². The number of nitrogens with one attached hydrogen (secondary N) is 1. The molecule has 130 valence electrons. The molecule has 25 heavy (non-hydrogen) atoms. The predicted octanol–water partition coefficient (Wildman–Crippen LogP) is 0.795. The summed E-state index contributed by atoms with van der Waals surface area (Å²) in [5.74, 6) is 0.900. The molecular weight excluding hydrogens is 324 g/mol. The number of aromatic nitrogens is 4. The third-order valence-corrected chi connectivity index (χ3v) is 3.67. The van der Waals surface area contributed by atoms with Gasteiger partial charge in [0.15, 0.2) is 11.4 Å². The van der Waals surface area contributed by atoms with Crippen molar-refractivity contribution in [2.75, 3.05) is 31.4 Å². The fourth-order valence-electron chi connectivity index (χ4n) is 2.30. The van der Waals surface area contributed by atoms with Gasteiger partial charge in [0, 0.05) is 20.3 Å². The molecule has 3 aromatic heterocycles. The number of anilines is 3. The molecule has 0 saturated carbocycles. The van der Waals surface area contributed by atoms with Crippen LogP contribution < -0.4 is 20.5 Å². The highest BCUT2D eigenvalue weighted by Crippen LogP contribution is 2.21. The molecule has 0 amide bonds. The van der Waals surface area contributed by atoms with Crippen molar-refractivity contribution in [1.82, 2.24) is 19.4 Å². The van der Waals surface area contributed by atoms with Gasteiger partial charge in [0.05, 0.1) is 37.4 Å². The van der Waals surface area contributed by atoms with Gasteiger partial charge < -0.3 is 20.1 Å². The SMILES string of the molecule is COc1cccn2c(=O)c(CO)c(Nc3ncc(N(C)C)cn3)nc12. The number of aliphatic hydroxyl groups excluding tert-OH is 1. The Hall–Kier alpha value is -3.20. The van der Waals surface area contributed by atoms with Crippen LogP contribution in [0.4, 0.5) is 17.5 Å². The molecule has 0 bridgehead atoms. The summed E-state index contributed by atoms with van der Waals surface area (Å²) >= 11 is 0. The molecule has 9 heteroatoms. The molecule has 3 aromatic rings. The maximum Gasteiger partial charge on any atom is 0.265 e. The number of ether oxygens (including phenoxy) is 1. The molecule has 0 radical (unpaired) electrons. The van der Waals surface area contributed by atoms with Crippen molar-refractivity contribution in [3.63, 3.8) is 0 Å². The van der Waals surface area contributed by atoms with Gasteiger partial charge in [-0.3, -0.25) is 9.20 Å². The zero-order valence-electron chi connectivity index (χ0n) is 14.1. The second kappa shape index (κ2) is 6.73. The Balaban J connectivity index is 2.10. The Bertz CT molecular complexity index is 952. The molecule has 3 heterocycles. The van der Waals surface area contributed by atoms with Crippen LogP contribution in [0.3, 0.4) is 0 Å². The van der Waals surface area contributed by atoms with Gasteiger partial charge in [0.2, 0.25) is 5.95 Å². The summed E-state index contributed by atoms with van der Waals surface area (Å²) in [6.45, 7) is -0.468. The van der Waals surface area contributed by atoms with E-state index < -0.39 is 6.61 Å². The fourth-order valence-corrected chi connectivity index (χ4v) is 2.30. The molecule has 0 aromatic carbocycles. The molecule has 0 atom stereocenters. The van der Waals surface area contributed by atoms with E-state index >= 15 is 0 Å². The Kier molecular flexibility index (Phi) is 4.48. The summed E-state index contributed by atoms with van der Waals surface area (Å²) in [6.07, 6.45) is 4.85. The van der Waals surface area contributed by atoms with Gasteiger partial charge in [0.25, 0.3) is 5.56 Å². The van der Waals surface area contributed by atoms with Crippen molar-refractivity contribution in [2.45, 2.75) is 6.61 Å². The van der Waals surface area contributed by atoms with Gasteiger partial charge in [-0.2, -0.15) is 0 Å². The Morgan fingerprint density at radius 3 is 2.64 bits per heavy atom. The molecule has 0 unspecified atom stereocenters. The van der Waals surface area contributed by atoms with Crippen molar-refractivity contribution in [3.8, 4) is 5.75 Å². The van der Waals surface area contributed by atoms with E-state index in [1.54, 1.807) is 30.7 Å². The Morgan fingerprint density at radius 2 is 2.04 bits per heavy atom. The summed E-state index contributed by atoms with van der Waals surface area (Å²) in [6, 6.07) is 3.37. The number of pyridine rings is 1. The molecule has 0 aliphatic heterocycles. The highest BCUT2D eigenvalue weighted by atomic mass is 16.5. The zero-order valence-corrected chi connectivity index (χ0v) is 14.1. The lowest BCUT2D eigenvalue weighted by atomic mass is 10.3. The van der Waals surface area contributed by atoms with E-state index in [1.165, 1.54) is 11.5 Å². The lowest BCUT2D eigenvalue weighted by Gasteiger charge is -2.13. The minimum absolute atomic E-state index is 0.117. The molecule has 0 saturated heterocycles. The number of fused-ring (bicyclic) bond motifs is 1. The number of aliphatic hydroxyl groups is 1. The van der Waals surface area contributed by atoms with Crippen LogP contribution in [0.15, 0.2) is 35.5 Å². The molecule has 0 aliphatic carbocycles. The van der Waals surface area contributed by atoms with E-state index in [2.05, 4.69) is 20.3 Å². The van der Waals surface area contributed by atoms with E-state index in [0.717, 1.165) is 5.69 Å². The lowest BCUT2D eigenvalue weighted by molar-refractivity contribution is 0.280. The third kappa shape index (κ3) is 3.09. The molecule has 9 nitrogen and oxygen atoms in total. The average molecular weight is 342 g/mol. The van der Waals surface area contributed by atoms with Crippen LogP contribution in [0.5, 0.6) is 5.75 Å². The van der Waals surface area contributed by atoms with Crippen molar-refractivity contribution in [2.24, 2.45) is 0 Å². The fraction of sp³-hybridized carbons (Fsp3) is 0.250. The number of hydrogen-bond donors (Lipinski definition) is 2. The number of hydrogen-bond acceptors (Lipinski definition) is 8. The van der Waals surface area contributed by atoms with Gasteiger partial charge in [-0.15, -0.1) is 0 Å². The van der Waals surface area contributed by atoms with Gasteiger partial charge in [-0.1, -0.05) is 0 Å². The zero-order chi connectivity index (χ0) is 18.0. The standard InChI is InChI=1S/C16H18N6O3/c1-21(2)10-7-17-16(18-8-10)20-13-11(9-23)15(24)22-6-4-5-12(25-3)14(22)19-13/h4-8,23H,9H2,1-3H3,(H,17,18,20). The van der Waals surface area contributed by atoms with E-state index in [0.29, 0.717) is 11.4 Å². The molecule has 0 fully saturated rings. The quantitative estimate of drug-likeness (QED) is 0.701. The van der Waals surface area contributed by atoms with Crippen molar-refractivity contribution in [3.05, 3.63) is 46.6 Å². The first-order valence-corrected chi connectivity index (χ1v) is 7.50. The maximum atomic E-state index is 12.6. The smallest absolute Gasteiger partial charge is 0.265 e. The summed E-state index contributed by atoms with van der Waals surface area (Å²) in [5.41, 5.74) is 0.894. The van der Waals surface area contributed by atoms with Crippen molar-refractivity contribution >= 4 is 23.1 Å². The second-order valence-corrected chi connectivity index (χ2v) is 5.46. The summed E-state index contributed by atoms with van der Waals surface area (Å²) in [5, 5.41) is 12.5. The van der Waals surface area contributed by atoms with Crippen LogP contribution in [-0.4, -0.2) is 45.7 Å². The van der Waals surface area contributed by atoms with Gasteiger partial charge in [0.1, 0.15) is 5.82 Å². The summed E-state index contributed by atoms with van der Waals surface area (Å²) in [4.78, 5) is 27.3. The highest BCUT2D eigenvalue weighted by Gasteiger charge is 2.15. The molecule has 0 aliphatic rings. The number of rotatable bonds is 5. The molecular formula is C16H18N6O3. The largest absolute Gasteiger partial charge is 0.493 e. The predicted molar refractivity (Wildman–Crippen MR) is 93.6 cm³/mol. The van der Waals surface area contributed by atoms with Crippen LogP contribution in [0.2, 0.25) is 0 Å². The van der Waals surface area contributed by atoms with E-state index in [-0.39, 0.29) is 22.9 Å². The summed E-state index contributed by atoms with van der Waals surface area (Å²) in [7, 11) is 5.26. The molecule has 3 rings (SSSR count). The van der Waals surface area contributed by atoms with Crippen LogP contribution in [-0.2, 0) is 6.61 Å². The van der Waals surface area contributed by atoms with Gasteiger partial charge in [-0.25, -0.2) is 15.0 Å². The van der Waals surface area contributed by atoms with Crippen molar-refractivity contribution < 1.29 is 9.84 Å². The van der Waals surface area contributed by atoms with Crippen LogP contribution in [0.1, 0.15) is 5.56 Å². The summed E-state index contributed by atoms with van der Waals surface area (Å²) < 4.78 is 6.58. The van der Waals surface area contributed by atoms with E-state index in [1.807, 2.05) is 19.0 Å². The topological polar surface area (TPSA) is 105 Å². The van der Waals surface area contributed by atoms with Crippen LogP contribution in [0.25, 0.3) is 5.65 Å². The Morgan fingerprint density at radius 1 is 1.32 bits per heavy atom. The number of methoxy groups -OCH3 is 1. The van der Waals surface area contributed by atoms with Gasteiger partial charge in [-0.05, 0) is 12.1 Å². The first-order chi connectivity index (χ1) is 12.0. The van der Waals surface area contributed by atoms with Gasteiger partial charge >= 0.3 is 0 Å².